The van der Waals surface area contributed by atoms with E-state index in [1.807, 2.05) is 0 Å². The second-order valence-electron chi connectivity index (χ2n) is 3.40. The Bertz CT molecular complexity index is 332. The summed E-state index contributed by atoms with van der Waals surface area (Å²) in [6.07, 6.45) is -4.29. The number of rotatable bonds is 4. The number of alkyl halides is 3. The summed E-state index contributed by atoms with van der Waals surface area (Å²) >= 11 is 1.21. The van der Waals surface area contributed by atoms with Gasteiger partial charge in [0.05, 0.1) is 12.3 Å². The maximum atomic E-state index is 12.3. The van der Waals surface area contributed by atoms with Crippen LogP contribution in [0.1, 0.15) is 10.6 Å². The lowest BCUT2D eigenvalue weighted by Crippen LogP contribution is -2.36. The van der Waals surface area contributed by atoms with E-state index in [0.29, 0.717) is 5.13 Å². The Hall–Kier alpha value is -0.820. The van der Waals surface area contributed by atoms with Crippen LogP contribution in [0.4, 0.5) is 18.3 Å². The molecule has 0 amide bonds. The van der Waals surface area contributed by atoms with Crippen molar-refractivity contribution in [3.05, 3.63) is 10.6 Å². The first-order valence-corrected chi connectivity index (χ1v) is 5.51. The van der Waals surface area contributed by atoms with E-state index in [4.69, 9.17) is 5.11 Å². The third kappa shape index (κ3) is 3.64. The number of hydrogen-bond donors (Lipinski definition) is 1. The molecule has 0 aliphatic rings. The van der Waals surface area contributed by atoms with Crippen LogP contribution in [0.25, 0.3) is 0 Å². The van der Waals surface area contributed by atoms with Gasteiger partial charge in [-0.25, -0.2) is 4.98 Å². The van der Waals surface area contributed by atoms with Crippen molar-refractivity contribution in [2.24, 2.45) is 0 Å². The van der Waals surface area contributed by atoms with Crippen LogP contribution in [0.3, 0.4) is 0 Å². The molecule has 0 bridgehead atoms. The Morgan fingerprint density at radius 1 is 1.38 bits per heavy atom. The number of aliphatic hydroxyl groups excluding tert-OH is 1. The maximum Gasteiger partial charge on any atom is 0.406 e. The zero-order valence-corrected chi connectivity index (χ0v) is 9.82. The van der Waals surface area contributed by atoms with E-state index in [-0.39, 0.29) is 13.2 Å². The summed E-state index contributed by atoms with van der Waals surface area (Å²) in [6, 6.07) is 0. The van der Waals surface area contributed by atoms with Gasteiger partial charge in [-0.05, 0) is 13.8 Å². The van der Waals surface area contributed by atoms with Crippen LogP contribution in [0.15, 0.2) is 0 Å². The number of hydrogen-bond acceptors (Lipinski definition) is 4. The molecule has 0 aromatic carbocycles. The molecule has 0 radical (unpaired) electrons. The molecule has 0 spiro atoms. The van der Waals surface area contributed by atoms with Crippen LogP contribution in [0, 0.1) is 13.8 Å². The highest BCUT2D eigenvalue weighted by molar-refractivity contribution is 7.15. The molecule has 7 heteroatoms. The van der Waals surface area contributed by atoms with Gasteiger partial charge < -0.3 is 10.0 Å². The normalized spacial score (nSPS) is 11.9. The molecule has 0 aliphatic heterocycles. The van der Waals surface area contributed by atoms with E-state index >= 15 is 0 Å². The zero-order valence-electron chi connectivity index (χ0n) is 9.01. The van der Waals surface area contributed by atoms with Crippen LogP contribution in [0.2, 0.25) is 0 Å². The number of thiazole rings is 1. The summed E-state index contributed by atoms with van der Waals surface area (Å²) < 4.78 is 36.8. The fraction of sp³-hybridized carbons (Fsp3) is 0.667. The molecule has 0 aliphatic carbocycles. The third-order valence-corrected chi connectivity index (χ3v) is 3.16. The second-order valence-corrected chi connectivity index (χ2v) is 4.58. The molecular weight excluding hydrogens is 241 g/mol. The first kappa shape index (κ1) is 13.2. The average molecular weight is 254 g/mol. The topological polar surface area (TPSA) is 36.4 Å². The molecule has 1 rings (SSSR count). The Labute approximate surface area is 95.5 Å². The summed E-state index contributed by atoms with van der Waals surface area (Å²) in [4.78, 5) is 5.98. The molecule has 92 valence electrons. The lowest BCUT2D eigenvalue weighted by molar-refractivity contribution is -0.119. The summed E-state index contributed by atoms with van der Waals surface area (Å²) in [5.74, 6) is 0. The van der Waals surface area contributed by atoms with Gasteiger partial charge in [0.25, 0.3) is 0 Å². The molecule has 0 atom stereocenters. The average Bonchev–Trinajstić information content (AvgIpc) is 2.44. The van der Waals surface area contributed by atoms with E-state index in [1.165, 1.54) is 11.3 Å². The summed E-state index contributed by atoms with van der Waals surface area (Å²) in [5.41, 5.74) is 0.727. The van der Waals surface area contributed by atoms with Gasteiger partial charge in [0.2, 0.25) is 0 Å². The van der Waals surface area contributed by atoms with Crippen LogP contribution in [-0.4, -0.2) is 36.0 Å². The molecule has 16 heavy (non-hydrogen) atoms. The van der Waals surface area contributed by atoms with Gasteiger partial charge in [-0.15, -0.1) is 11.3 Å². The maximum absolute atomic E-state index is 12.3. The lowest BCUT2D eigenvalue weighted by Gasteiger charge is -2.21. The largest absolute Gasteiger partial charge is 0.406 e. The van der Waals surface area contributed by atoms with Crippen molar-refractivity contribution in [2.75, 3.05) is 24.6 Å². The molecule has 1 heterocycles. The van der Waals surface area contributed by atoms with Gasteiger partial charge in [0.15, 0.2) is 5.13 Å². The first-order valence-electron chi connectivity index (χ1n) is 4.70. The van der Waals surface area contributed by atoms with Crippen molar-refractivity contribution < 1.29 is 18.3 Å². The number of aliphatic hydroxyl groups is 1. The summed E-state index contributed by atoms with van der Waals surface area (Å²) in [7, 11) is 0. The minimum Gasteiger partial charge on any atom is -0.395 e. The summed E-state index contributed by atoms with van der Waals surface area (Å²) in [6.45, 7) is 2.08. The number of aromatic nitrogens is 1. The van der Waals surface area contributed by atoms with Crippen molar-refractivity contribution in [3.8, 4) is 0 Å². The van der Waals surface area contributed by atoms with Gasteiger partial charge in [-0.2, -0.15) is 13.2 Å². The lowest BCUT2D eigenvalue weighted by atomic mass is 10.4. The Morgan fingerprint density at radius 3 is 2.38 bits per heavy atom. The standard InChI is InChI=1S/C9H13F3N2OS/c1-6-7(2)16-8(13-6)14(3-4-15)5-9(10,11)12/h15H,3-5H2,1-2H3. The van der Waals surface area contributed by atoms with E-state index in [1.54, 1.807) is 13.8 Å². The third-order valence-electron chi connectivity index (χ3n) is 2.03. The Kier molecular flexibility index (Phi) is 4.15. The highest BCUT2D eigenvalue weighted by Gasteiger charge is 2.31. The first-order chi connectivity index (χ1) is 7.33. The SMILES string of the molecule is Cc1nc(N(CCO)CC(F)(F)F)sc1C. The Morgan fingerprint density at radius 2 is 2.00 bits per heavy atom. The van der Waals surface area contributed by atoms with Crippen molar-refractivity contribution >= 4 is 16.5 Å². The van der Waals surface area contributed by atoms with Gasteiger partial charge in [-0.1, -0.05) is 0 Å². The van der Waals surface area contributed by atoms with Crippen molar-refractivity contribution in [2.45, 2.75) is 20.0 Å². The number of halogens is 3. The predicted octanol–water partition coefficient (Wildman–Crippen LogP) is 2.12. The van der Waals surface area contributed by atoms with E-state index in [9.17, 15) is 13.2 Å². The summed E-state index contributed by atoms with van der Waals surface area (Å²) in [5, 5.41) is 9.05. The fourth-order valence-corrected chi connectivity index (χ4v) is 2.11. The van der Waals surface area contributed by atoms with E-state index < -0.39 is 12.7 Å². The molecule has 3 nitrogen and oxygen atoms in total. The minimum absolute atomic E-state index is 0.0636. The molecule has 0 fully saturated rings. The molecule has 0 unspecified atom stereocenters. The van der Waals surface area contributed by atoms with Crippen LogP contribution >= 0.6 is 11.3 Å². The minimum atomic E-state index is -4.29. The second kappa shape index (κ2) is 5.01. The molecule has 1 aromatic rings. The molecule has 0 saturated carbocycles. The van der Waals surface area contributed by atoms with E-state index in [0.717, 1.165) is 15.5 Å². The number of anilines is 1. The van der Waals surface area contributed by atoms with Gasteiger partial charge >= 0.3 is 6.18 Å². The zero-order chi connectivity index (χ0) is 12.3. The quantitative estimate of drug-likeness (QED) is 0.894. The van der Waals surface area contributed by atoms with Gasteiger partial charge in [0, 0.05) is 11.4 Å². The molecule has 1 aromatic heterocycles. The predicted molar refractivity (Wildman–Crippen MR) is 56.9 cm³/mol. The van der Waals surface area contributed by atoms with Crippen molar-refractivity contribution in [3.63, 3.8) is 0 Å². The van der Waals surface area contributed by atoms with Crippen molar-refractivity contribution in [1.29, 1.82) is 0 Å². The van der Waals surface area contributed by atoms with Gasteiger partial charge in [0.1, 0.15) is 6.54 Å². The van der Waals surface area contributed by atoms with Crippen molar-refractivity contribution in [1.82, 2.24) is 4.98 Å². The van der Waals surface area contributed by atoms with Gasteiger partial charge in [-0.3, -0.25) is 0 Å². The van der Waals surface area contributed by atoms with E-state index in [2.05, 4.69) is 4.98 Å². The van der Waals surface area contributed by atoms with Crippen LogP contribution in [-0.2, 0) is 0 Å². The molecular formula is C9H13F3N2OS. The number of aryl methyl sites for hydroxylation is 2. The fourth-order valence-electron chi connectivity index (χ4n) is 1.17. The Balaban J connectivity index is 2.85. The van der Waals surface area contributed by atoms with Crippen LogP contribution in [0.5, 0.6) is 0 Å². The monoisotopic (exact) mass is 254 g/mol. The molecule has 0 saturated heterocycles. The van der Waals surface area contributed by atoms with Crippen LogP contribution < -0.4 is 4.90 Å². The smallest absolute Gasteiger partial charge is 0.395 e. The molecule has 1 N–H and O–H groups in total. The number of nitrogens with zero attached hydrogens (tertiary/aromatic N) is 2. The highest BCUT2D eigenvalue weighted by atomic mass is 32.1. The highest BCUT2D eigenvalue weighted by Crippen LogP contribution is 2.27.